The summed E-state index contributed by atoms with van der Waals surface area (Å²) in [6.07, 6.45) is 2.48. The second-order valence-corrected chi connectivity index (χ2v) is 6.14. The van der Waals surface area contributed by atoms with Gasteiger partial charge in [-0.05, 0) is 42.9 Å². The molecule has 0 saturated carbocycles. The van der Waals surface area contributed by atoms with Crippen molar-refractivity contribution in [2.75, 3.05) is 0 Å². The lowest BCUT2D eigenvalue weighted by Gasteiger charge is -2.37. The first kappa shape index (κ1) is 13.4. The molecule has 3 nitrogen and oxygen atoms in total. The first-order chi connectivity index (χ1) is 9.49. The quantitative estimate of drug-likeness (QED) is 0.910. The van der Waals surface area contributed by atoms with Crippen molar-refractivity contribution < 1.29 is 5.11 Å². The predicted molar refractivity (Wildman–Crippen MR) is 79.6 cm³/mol. The fourth-order valence-electron chi connectivity index (χ4n) is 3.41. The summed E-state index contributed by atoms with van der Waals surface area (Å²) >= 11 is 0. The van der Waals surface area contributed by atoms with E-state index in [1.165, 1.54) is 5.56 Å². The van der Waals surface area contributed by atoms with Crippen molar-refractivity contribution in [3.8, 4) is 0 Å². The third-order valence-electron chi connectivity index (χ3n) is 4.56. The van der Waals surface area contributed by atoms with Crippen LogP contribution in [0, 0.1) is 6.92 Å². The molecule has 1 aromatic heterocycles. The number of aliphatic hydroxyl groups is 1. The Labute approximate surface area is 120 Å². The molecule has 2 unspecified atom stereocenters. The van der Waals surface area contributed by atoms with E-state index in [-0.39, 0.29) is 0 Å². The highest BCUT2D eigenvalue weighted by molar-refractivity contribution is 5.38. The van der Waals surface area contributed by atoms with Crippen molar-refractivity contribution in [2.24, 2.45) is 7.05 Å². The maximum atomic E-state index is 11.2. The van der Waals surface area contributed by atoms with E-state index in [0.717, 1.165) is 29.8 Å². The minimum Gasteiger partial charge on any atom is -0.385 e. The number of aryl methyl sites for hydroxylation is 2. The van der Waals surface area contributed by atoms with Crippen LogP contribution in [0.3, 0.4) is 0 Å². The second kappa shape index (κ2) is 4.74. The molecule has 1 aliphatic carbocycles. The molecule has 0 saturated heterocycles. The van der Waals surface area contributed by atoms with E-state index in [1.807, 2.05) is 24.7 Å². The standard InChI is InChI=1S/C17H22N2O/c1-12-8-9-17(20,16-7-5-4-6-15(12)16)11-14-10-13(2)18-19(14)3/h4-7,10,12,20H,8-9,11H2,1-3H3. The van der Waals surface area contributed by atoms with Crippen LogP contribution in [0.5, 0.6) is 0 Å². The van der Waals surface area contributed by atoms with E-state index < -0.39 is 5.60 Å². The van der Waals surface area contributed by atoms with Crippen molar-refractivity contribution in [3.63, 3.8) is 0 Å². The van der Waals surface area contributed by atoms with Gasteiger partial charge in [0.15, 0.2) is 0 Å². The molecule has 1 aliphatic rings. The van der Waals surface area contributed by atoms with Gasteiger partial charge in [-0.3, -0.25) is 4.68 Å². The maximum Gasteiger partial charge on any atom is 0.0954 e. The fourth-order valence-corrected chi connectivity index (χ4v) is 3.41. The van der Waals surface area contributed by atoms with Crippen LogP contribution >= 0.6 is 0 Å². The molecule has 106 valence electrons. The van der Waals surface area contributed by atoms with Crippen molar-refractivity contribution in [3.05, 3.63) is 52.8 Å². The third kappa shape index (κ3) is 2.16. The monoisotopic (exact) mass is 270 g/mol. The molecule has 1 N–H and O–H groups in total. The molecule has 20 heavy (non-hydrogen) atoms. The molecule has 0 fully saturated rings. The van der Waals surface area contributed by atoms with E-state index in [2.05, 4.69) is 36.3 Å². The molecule has 0 amide bonds. The summed E-state index contributed by atoms with van der Waals surface area (Å²) in [4.78, 5) is 0. The van der Waals surface area contributed by atoms with Gasteiger partial charge in [0.2, 0.25) is 0 Å². The normalized spacial score (nSPS) is 25.5. The highest BCUT2D eigenvalue weighted by Crippen LogP contribution is 2.42. The first-order valence-electron chi connectivity index (χ1n) is 7.31. The highest BCUT2D eigenvalue weighted by Gasteiger charge is 2.37. The molecule has 0 bridgehead atoms. The van der Waals surface area contributed by atoms with Crippen LogP contribution in [0.25, 0.3) is 0 Å². The van der Waals surface area contributed by atoms with Crippen LogP contribution in [-0.4, -0.2) is 14.9 Å². The summed E-state index contributed by atoms with van der Waals surface area (Å²) in [5.41, 5.74) is 3.72. The van der Waals surface area contributed by atoms with Crippen molar-refractivity contribution in [2.45, 2.75) is 44.6 Å². The molecule has 1 aromatic carbocycles. The van der Waals surface area contributed by atoms with Gasteiger partial charge >= 0.3 is 0 Å². The molecule has 0 radical (unpaired) electrons. The van der Waals surface area contributed by atoms with Gasteiger partial charge in [0, 0.05) is 19.2 Å². The molecule has 0 spiro atoms. The molecule has 0 aliphatic heterocycles. The summed E-state index contributed by atoms with van der Waals surface area (Å²) in [6, 6.07) is 10.4. The average molecular weight is 270 g/mol. The minimum absolute atomic E-state index is 0.528. The van der Waals surface area contributed by atoms with Crippen molar-refractivity contribution in [1.29, 1.82) is 0 Å². The number of hydrogen-bond donors (Lipinski definition) is 1. The molecular formula is C17H22N2O. The Morgan fingerprint density at radius 3 is 2.85 bits per heavy atom. The lowest BCUT2D eigenvalue weighted by molar-refractivity contribution is 0.0142. The van der Waals surface area contributed by atoms with Crippen molar-refractivity contribution >= 4 is 0 Å². The summed E-state index contributed by atoms with van der Waals surface area (Å²) in [5, 5.41) is 15.6. The Bertz CT molecular complexity index is 632. The zero-order chi connectivity index (χ0) is 14.3. The van der Waals surface area contributed by atoms with E-state index in [9.17, 15) is 5.11 Å². The minimum atomic E-state index is -0.761. The average Bonchev–Trinajstić information content (AvgIpc) is 2.73. The van der Waals surface area contributed by atoms with Gasteiger partial charge in [0.05, 0.1) is 11.3 Å². The highest BCUT2D eigenvalue weighted by atomic mass is 16.3. The largest absolute Gasteiger partial charge is 0.385 e. The molecule has 1 heterocycles. The first-order valence-corrected chi connectivity index (χ1v) is 7.31. The fraction of sp³-hybridized carbons (Fsp3) is 0.471. The van der Waals surface area contributed by atoms with Gasteiger partial charge in [0.25, 0.3) is 0 Å². The number of aromatic nitrogens is 2. The second-order valence-electron chi connectivity index (χ2n) is 6.14. The van der Waals surface area contributed by atoms with Crippen LogP contribution in [0.2, 0.25) is 0 Å². The summed E-state index contributed by atoms with van der Waals surface area (Å²) < 4.78 is 1.88. The molecule has 2 aromatic rings. The number of benzene rings is 1. The van der Waals surface area contributed by atoms with E-state index in [1.54, 1.807) is 0 Å². The molecule has 3 rings (SSSR count). The lowest BCUT2D eigenvalue weighted by atomic mass is 9.72. The Kier molecular flexibility index (Phi) is 3.17. The van der Waals surface area contributed by atoms with Crippen LogP contribution in [-0.2, 0) is 19.1 Å². The van der Waals surface area contributed by atoms with E-state index in [4.69, 9.17) is 0 Å². The Hall–Kier alpha value is -1.61. The molecular weight excluding hydrogens is 248 g/mol. The van der Waals surface area contributed by atoms with Gasteiger partial charge in [0.1, 0.15) is 0 Å². The zero-order valence-corrected chi connectivity index (χ0v) is 12.4. The number of fused-ring (bicyclic) bond motifs is 1. The van der Waals surface area contributed by atoms with E-state index in [0.29, 0.717) is 12.3 Å². The van der Waals surface area contributed by atoms with Gasteiger partial charge in [-0.25, -0.2) is 0 Å². The molecule has 3 heteroatoms. The summed E-state index contributed by atoms with van der Waals surface area (Å²) in [5.74, 6) is 0.528. The van der Waals surface area contributed by atoms with Crippen LogP contribution in [0.4, 0.5) is 0 Å². The summed E-state index contributed by atoms with van der Waals surface area (Å²) in [7, 11) is 1.95. The predicted octanol–water partition coefficient (Wildman–Crippen LogP) is 3.06. The lowest BCUT2D eigenvalue weighted by Crippen LogP contribution is -2.34. The SMILES string of the molecule is Cc1cc(CC2(O)CCC(C)c3ccccc32)n(C)n1. The summed E-state index contributed by atoms with van der Waals surface area (Å²) in [6.45, 7) is 4.23. The van der Waals surface area contributed by atoms with Gasteiger partial charge in [-0.2, -0.15) is 5.10 Å². The number of hydrogen-bond acceptors (Lipinski definition) is 2. The zero-order valence-electron chi connectivity index (χ0n) is 12.4. The van der Waals surface area contributed by atoms with Gasteiger partial charge in [-0.1, -0.05) is 31.2 Å². The van der Waals surface area contributed by atoms with Crippen molar-refractivity contribution in [1.82, 2.24) is 9.78 Å². The smallest absolute Gasteiger partial charge is 0.0954 e. The van der Waals surface area contributed by atoms with Gasteiger partial charge < -0.3 is 5.11 Å². The number of rotatable bonds is 2. The topological polar surface area (TPSA) is 38.0 Å². The Balaban J connectivity index is 2.00. The van der Waals surface area contributed by atoms with Crippen LogP contribution in [0.1, 0.15) is 48.2 Å². The Morgan fingerprint density at radius 2 is 2.15 bits per heavy atom. The van der Waals surface area contributed by atoms with Crippen LogP contribution in [0.15, 0.2) is 30.3 Å². The Morgan fingerprint density at radius 1 is 1.40 bits per heavy atom. The van der Waals surface area contributed by atoms with Crippen LogP contribution < -0.4 is 0 Å². The maximum absolute atomic E-state index is 11.2. The molecule has 2 atom stereocenters. The number of nitrogens with zero attached hydrogens (tertiary/aromatic N) is 2. The van der Waals surface area contributed by atoms with E-state index >= 15 is 0 Å². The third-order valence-corrected chi connectivity index (χ3v) is 4.56. The van der Waals surface area contributed by atoms with Gasteiger partial charge in [-0.15, -0.1) is 0 Å².